The van der Waals surface area contributed by atoms with E-state index in [9.17, 15) is 4.79 Å². The number of aryl methyl sites for hydroxylation is 1. The molecule has 3 rings (SSSR count). The molecule has 1 fully saturated rings. The largest absolute Gasteiger partial charge is 0.341 e. The van der Waals surface area contributed by atoms with Crippen molar-refractivity contribution in [3.8, 4) is 11.3 Å². The monoisotopic (exact) mass is 269 g/mol. The summed E-state index contributed by atoms with van der Waals surface area (Å²) in [4.78, 5) is 14.1. The number of hydrogen-bond donors (Lipinski definition) is 0. The number of carbonyl (C=O) groups is 1. The summed E-state index contributed by atoms with van der Waals surface area (Å²) >= 11 is 0. The highest BCUT2D eigenvalue weighted by Gasteiger charge is 2.19. The maximum absolute atomic E-state index is 12.2. The fraction of sp³-hybridized carbons (Fsp3) is 0.375. The molecule has 1 aliphatic heterocycles. The molecule has 0 atom stereocenters. The van der Waals surface area contributed by atoms with E-state index >= 15 is 0 Å². The standard InChI is InChI=1S/C16H19N3O/c1-13-4-6-14(7-5-13)15-8-9-17-19(15)12-16(20)18-10-2-3-11-18/h4-9H,2-3,10-12H2,1H3. The van der Waals surface area contributed by atoms with E-state index in [1.165, 1.54) is 5.56 Å². The van der Waals surface area contributed by atoms with E-state index in [1.807, 2.05) is 11.0 Å². The molecule has 2 heterocycles. The summed E-state index contributed by atoms with van der Waals surface area (Å²) in [5.41, 5.74) is 3.33. The lowest BCUT2D eigenvalue weighted by atomic mass is 10.1. The average molecular weight is 269 g/mol. The Morgan fingerprint density at radius 3 is 2.55 bits per heavy atom. The number of nitrogens with zero attached hydrogens (tertiary/aromatic N) is 3. The maximum atomic E-state index is 12.2. The van der Waals surface area contributed by atoms with Crippen molar-refractivity contribution in [3.05, 3.63) is 42.1 Å². The smallest absolute Gasteiger partial charge is 0.244 e. The highest BCUT2D eigenvalue weighted by atomic mass is 16.2. The first-order valence-corrected chi connectivity index (χ1v) is 7.11. The molecule has 104 valence electrons. The first-order chi connectivity index (χ1) is 9.74. The second-order valence-electron chi connectivity index (χ2n) is 5.33. The maximum Gasteiger partial charge on any atom is 0.244 e. The fourth-order valence-electron chi connectivity index (χ4n) is 2.62. The summed E-state index contributed by atoms with van der Waals surface area (Å²) in [5.74, 6) is 0.166. The van der Waals surface area contributed by atoms with E-state index in [4.69, 9.17) is 0 Å². The van der Waals surface area contributed by atoms with E-state index in [-0.39, 0.29) is 5.91 Å². The minimum absolute atomic E-state index is 0.166. The number of carbonyl (C=O) groups excluding carboxylic acids is 1. The van der Waals surface area contributed by atoms with Crippen LogP contribution in [0.25, 0.3) is 11.3 Å². The molecular weight excluding hydrogens is 250 g/mol. The van der Waals surface area contributed by atoms with Gasteiger partial charge < -0.3 is 4.90 Å². The predicted molar refractivity (Wildman–Crippen MR) is 78.2 cm³/mol. The van der Waals surface area contributed by atoms with Crippen LogP contribution in [0, 0.1) is 6.92 Å². The van der Waals surface area contributed by atoms with Crippen LogP contribution in [-0.2, 0) is 11.3 Å². The van der Waals surface area contributed by atoms with Gasteiger partial charge in [0.25, 0.3) is 0 Å². The van der Waals surface area contributed by atoms with Crippen LogP contribution in [0.3, 0.4) is 0 Å². The Hall–Kier alpha value is -2.10. The van der Waals surface area contributed by atoms with E-state index in [1.54, 1.807) is 10.9 Å². The van der Waals surface area contributed by atoms with Crippen molar-refractivity contribution in [2.24, 2.45) is 0 Å². The van der Waals surface area contributed by atoms with Crippen LogP contribution in [0.4, 0.5) is 0 Å². The molecule has 0 bridgehead atoms. The van der Waals surface area contributed by atoms with Crippen molar-refractivity contribution in [1.29, 1.82) is 0 Å². The van der Waals surface area contributed by atoms with Gasteiger partial charge in [-0.3, -0.25) is 9.48 Å². The van der Waals surface area contributed by atoms with Gasteiger partial charge in [0.05, 0.1) is 5.69 Å². The van der Waals surface area contributed by atoms with E-state index < -0.39 is 0 Å². The van der Waals surface area contributed by atoms with Crippen LogP contribution in [-0.4, -0.2) is 33.7 Å². The highest BCUT2D eigenvalue weighted by molar-refractivity contribution is 5.77. The molecule has 0 radical (unpaired) electrons. The van der Waals surface area contributed by atoms with Crippen LogP contribution in [0.15, 0.2) is 36.5 Å². The molecule has 0 spiro atoms. The number of likely N-dealkylation sites (tertiary alicyclic amines) is 1. The molecule has 0 unspecified atom stereocenters. The minimum Gasteiger partial charge on any atom is -0.341 e. The SMILES string of the molecule is Cc1ccc(-c2ccnn2CC(=O)N2CCCC2)cc1. The third-order valence-corrected chi connectivity index (χ3v) is 3.81. The average Bonchev–Trinajstić information content (AvgIpc) is 3.10. The molecular formula is C16H19N3O. The number of aromatic nitrogens is 2. The Morgan fingerprint density at radius 1 is 1.15 bits per heavy atom. The second-order valence-corrected chi connectivity index (χ2v) is 5.33. The molecule has 2 aromatic rings. The van der Waals surface area contributed by atoms with E-state index in [0.717, 1.165) is 37.2 Å². The lowest BCUT2D eigenvalue weighted by molar-refractivity contribution is -0.130. The third kappa shape index (κ3) is 2.59. The van der Waals surface area contributed by atoms with Crippen LogP contribution in [0.2, 0.25) is 0 Å². The Bertz CT molecular complexity index is 594. The molecule has 1 saturated heterocycles. The van der Waals surface area contributed by atoms with Crippen molar-refractivity contribution in [2.75, 3.05) is 13.1 Å². The van der Waals surface area contributed by atoms with Crippen LogP contribution < -0.4 is 0 Å². The molecule has 0 N–H and O–H groups in total. The Morgan fingerprint density at radius 2 is 1.85 bits per heavy atom. The van der Waals surface area contributed by atoms with Gasteiger partial charge in [0.1, 0.15) is 6.54 Å². The summed E-state index contributed by atoms with van der Waals surface area (Å²) in [6.45, 7) is 4.17. The van der Waals surface area contributed by atoms with Gasteiger partial charge in [-0.05, 0) is 31.4 Å². The second kappa shape index (κ2) is 5.49. The van der Waals surface area contributed by atoms with Crippen molar-refractivity contribution >= 4 is 5.91 Å². The summed E-state index contributed by atoms with van der Waals surface area (Å²) < 4.78 is 1.80. The quantitative estimate of drug-likeness (QED) is 0.858. The van der Waals surface area contributed by atoms with Gasteiger partial charge in [-0.1, -0.05) is 29.8 Å². The molecule has 20 heavy (non-hydrogen) atoms. The van der Waals surface area contributed by atoms with Crippen LogP contribution >= 0.6 is 0 Å². The Kier molecular flexibility index (Phi) is 3.54. The van der Waals surface area contributed by atoms with Gasteiger partial charge >= 0.3 is 0 Å². The van der Waals surface area contributed by atoms with Gasteiger partial charge in [0.2, 0.25) is 5.91 Å². The van der Waals surface area contributed by atoms with Gasteiger partial charge in [-0.25, -0.2) is 0 Å². The van der Waals surface area contributed by atoms with Crippen molar-refractivity contribution < 1.29 is 4.79 Å². The van der Waals surface area contributed by atoms with E-state index in [2.05, 4.69) is 36.3 Å². The van der Waals surface area contributed by atoms with Gasteiger partial charge in [-0.2, -0.15) is 5.10 Å². The molecule has 4 heteroatoms. The molecule has 0 aliphatic carbocycles. The third-order valence-electron chi connectivity index (χ3n) is 3.81. The summed E-state index contributed by atoms with van der Waals surface area (Å²) in [7, 11) is 0. The van der Waals surface area contributed by atoms with Gasteiger partial charge in [0.15, 0.2) is 0 Å². The summed E-state index contributed by atoms with van der Waals surface area (Å²) in [6.07, 6.45) is 4.00. The first kappa shape index (κ1) is 12.9. The Balaban J connectivity index is 1.79. The van der Waals surface area contributed by atoms with Crippen LogP contribution in [0.5, 0.6) is 0 Å². The lowest BCUT2D eigenvalue weighted by Gasteiger charge is -2.16. The molecule has 4 nitrogen and oxygen atoms in total. The molecule has 1 aliphatic rings. The molecule has 1 aromatic carbocycles. The Labute approximate surface area is 119 Å². The minimum atomic E-state index is 0.166. The number of amides is 1. The first-order valence-electron chi connectivity index (χ1n) is 7.11. The summed E-state index contributed by atoms with van der Waals surface area (Å²) in [5, 5.41) is 4.30. The number of rotatable bonds is 3. The summed E-state index contributed by atoms with van der Waals surface area (Å²) in [6, 6.07) is 10.3. The lowest BCUT2D eigenvalue weighted by Crippen LogP contribution is -2.31. The van der Waals surface area contributed by atoms with Crippen molar-refractivity contribution in [1.82, 2.24) is 14.7 Å². The normalized spacial score (nSPS) is 14.8. The number of benzene rings is 1. The zero-order valence-corrected chi connectivity index (χ0v) is 11.7. The van der Waals surface area contributed by atoms with E-state index in [0.29, 0.717) is 6.54 Å². The highest BCUT2D eigenvalue weighted by Crippen LogP contribution is 2.20. The molecule has 1 aromatic heterocycles. The van der Waals surface area contributed by atoms with Crippen molar-refractivity contribution in [2.45, 2.75) is 26.3 Å². The number of hydrogen-bond acceptors (Lipinski definition) is 2. The molecule has 0 saturated carbocycles. The van der Waals surface area contributed by atoms with Crippen molar-refractivity contribution in [3.63, 3.8) is 0 Å². The topological polar surface area (TPSA) is 38.1 Å². The predicted octanol–water partition coefficient (Wildman–Crippen LogP) is 2.48. The zero-order chi connectivity index (χ0) is 13.9. The fourth-order valence-corrected chi connectivity index (χ4v) is 2.62. The van der Waals surface area contributed by atoms with Crippen LogP contribution in [0.1, 0.15) is 18.4 Å². The van der Waals surface area contributed by atoms with Gasteiger partial charge in [-0.15, -0.1) is 0 Å². The van der Waals surface area contributed by atoms with Gasteiger partial charge in [0, 0.05) is 19.3 Å². The molecule has 1 amide bonds. The zero-order valence-electron chi connectivity index (χ0n) is 11.7.